The molecule has 2 aliphatic heterocycles. The van der Waals surface area contributed by atoms with E-state index >= 15 is 0 Å². The van der Waals surface area contributed by atoms with E-state index in [1.54, 1.807) is 13.8 Å². The van der Waals surface area contributed by atoms with E-state index in [0.29, 0.717) is 6.61 Å². The highest BCUT2D eigenvalue weighted by Crippen LogP contribution is 2.45. The van der Waals surface area contributed by atoms with Crippen LogP contribution in [0, 0.1) is 0 Å². The molecule has 1 aromatic rings. The molecule has 0 amide bonds. The first-order valence-electron chi connectivity index (χ1n) is 10.5. The van der Waals surface area contributed by atoms with Crippen molar-refractivity contribution in [2.45, 2.75) is 62.5 Å². The fourth-order valence-electron chi connectivity index (χ4n) is 4.19. The Kier molecular flexibility index (Phi) is 8.98. The van der Waals surface area contributed by atoms with E-state index < -0.39 is 42.1 Å². The van der Waals surface area contributed by atoms with Gasteiger partial charge in [-0.05, 0) is 19.4 Å². The third kappa shape index (κ3) is 5.65. The van der Waals surface area contributed by atoms with Crippen molar-refractivity contribution in [3.05, 3.63) is 35.9 Å². The number of hydrogen-bond donors (Lipinski definition) is 2. The van der Waals surface area contributed by atoms with Gasteiger partial charge in [-0.3, -0.25) is 0 Å². The Bertz CT molecular complexity index is 687. The van der Waals surface area contributed by atoms with Crippen LogP contribution in [0.15, 0.2) is 30.3 Å². The number of hydrogen-bond acceptors (Lipinski definition) is 10. The molecule has 3 rings (SSSR count). The van der Waals surface area contributed by atoms with Crippen LogP contribution < -0.4 is 0 Å². The van der Waals surface area contributed by atoms with Crippen LogP contribution in [0.4, 0.5) is 0 Å². The standard InChI is InChI=1S/C22H34O10/c1-21(2)30-16(10-23)18(31-21)22(12-27-11-15-8-6-5-7-9-15)19(29-14-26-4)17(20(24)32-22)28-13-25-3/h5-9,16-20,23-24H,10-14H2,1-4H3/t16-,17-,18+,19-,20?,22+/m1/s1. The minimum Gasteiger partial charge on any atom is -0.394 e. The van der Waals surface area contributed by atoms with Gasteiger partial charge in [-0.2, -0.15) is 0 Å². The molecule has 2 aliphatic rings. The number of rotatable bonds is 12. The third-order valence-electron chi connectivity index (χ3n) is 5.43. The van der Waals surface area contributed by atoms with Crippen LogP contribution >= 0.6 is 0 Å². The summed E-state index contributed by atoms with van der Waals surface area (Å²) in [7, 11) is 2.96. The molecule has 0 saturated carbocycles. The molecular formula is C22H34O10. The summed E-state index contributed by atoms with van der Waals surface area (Å²) in [5.74, 6) is -0.990. The molecule has 0 radical (unpaired) electrons. The zero-order chi connectivity index (χ0) is 23.2. The molecule has 182 valence electrons. The van der Waals surface area contributed by atoms with Gasteiger partial charge in [-0.15, -0.1) is 0 Å². The van der Waals surface area contributed by atoms with Crippen molar-refractivity contribution in [3.8, 4) is 0 Å². The van der Waals surface area contributed by atoms with Crippen molar-refractivity contribution in [1.29, 1.82) is 0 Å². The molecule has 1 aromatic carbocycles. The Morgan fingerprint density at radius 2 is 1.66 bits per heavy atom. The number of aliphatic hydroxyl groups excluding tert-OH is 2. The van der Waals surface area contributed by atoms with Crippen molar-refractivity contribution in [2.24, 2.45) is 0 Å². The van der Waals surface area contributed by atoms with E-state index in [0.717, 1.165) is 5.56 Å². The molecule has 0 bridgehead atoms. The van der Waals surface area contributed by atoms with Gasteiger partial charge in [-0.25, -0.2) is 0 Å². The summed E-state index contributed by atoms with van der Waals surface area (Å²) in [5.41, 5.74) is -0.405. The van der Waals surface area contributed by atoms with Crippen LogP contribution in [0.25, 0.3) is 0 Å². The first-order chi connectivity index (χ1) is 15.4. The van der Waals surface area contributed by atoms with Gasteiger partial charge in [0.25, 0.3) is 0 Å². The summed E-state index contributed by atoms with van der Waals surface area (Å²) in [5, 5.41) is 20.8. The normalized spacial score (nSPS) is 34.2. The largest absolute Gasteiger partial charge is 0.394 e. The first kappa shape index (κ1) is 25.4. The van der Waals surface area contributed by atoms with E-state index in [9.17, 15) is 10.2 Å². The molecule has 1 unspecified atom stereocenters. The monoisotopic (exact) mass is 458 g/mol. The molecule has 6 atom stereocenters. The zero-order valence-electron chi connectivity index (χ0n) is 19.0. The van der Waals surface area contributed by atoms with Crippen LogP contribution in [0.5, 0.6) is 0 Å². The molecular weight excluding hydrogens is 424 g/mol. The molecule has 2 fully saturated rings. The highest BCUT2D eigenvalue weighted by Gasteiger charge is 2.65. The lowest BCUT2D eigenvalue weighted by Crippen LogP contribution is -2.60. The van der Waals surface area contributed by atoms with Crippen molar-refractivity contribution >= 4 is 0 Å². The van der Waals surface area contributed by atoms with Gasteiger partial charge < -0.3 is 48.1 Å². The lowest BCUT2D eigenvalue weighted by atomic mass is 9.86. The van der Waals surface area contributed by atoms with E-state index in [-0.39, 0.29) is 26.8 Å². The van der Waals surface area contributed by atoms with Crippen molar-refractivity contribution in [1.82, 2.24) is 0 Å². The summed E-state index contributed by atoms with van der Waals surface area (Å²) < 4.78 is 45.9. The second-order valence-electron chi connectivity index (χ2n) is 8.25. The van der Waals surface area contributed by atoms with Gasteiger partial charge in [0, 0.05) is 14.2 Å². The lowest BCUT2D eigenvalue weighted by molar-refractivity contribution is -0.246. The second kappa shape index (κ2) is 11.3. The number of methoxy groups -OCH3 is 2. The topological polar surface area (TPSA) is 114 Å². The maximum atomic E-state index is 10.7. The molecule has 2 heterocycles. The summed E-state index contributed by atoms with van der Waals surface area (Å²) in [6.07, 6.45) is -4.73. The van der Waals surface area contributed by atoms with E-state index in [4.69, 9.17) is 37.9 Å². The van der Waals surface area contributed by atoms with Gasteiger partial charge >= 0.3 is 0 Å². The molecule has 0 spiro atoms. The van der Waals surface area contributed by atoms with Crippen LogP contribution in [-0.4, -0.2) is 93.3 Å². The molecule has 0 aliphatic carbocycles. The molecule has 10 heteroatoms. The van der Waals surface area contributed by atoms with E-state index in [2.05, 4.69) is 0 Å². The maximum Gasteiger partial charge on any atom is 0.184 e. The minimum absolute atomic E-state index is 0.0270. The third-order valence-corrected chi connectivity index (χ3v) is 5.43. The Labute approximate surface area is 188 Å². The number of aliphatic hydroxyl groups is 2. The van der Waals surface area contributed by atoms with Crippen LogP contribution in [0.2, 0.25) is 0 Å². The van der Waals surface area contributed by atoms with Crippen molar-refractivity contribution in [2.75, 3.05) is 41.0 Å². The van der Waals surface area contributed by atoms with Crippen molar-refractivity contribution < 1.29 is 48.1 Å². The van der Waals surface area contributed by atoms with Gasteiger partial charge in [-0.1, -0.05) is 30.3 Å². The summed E-state index contributed by atoms with van der Waals surface area (Å²) in [6.45, 7) is 3.25. The highest BCUT2D eigenvalue weighted by molar-refractivity contribution is 5.14. The smallest absolute Gasteiger partial charge is 0.184 e. The molecule has 32 heavy (non-hydrogen) atoms. The average Bonchev–Trinajstić information content (AvgIpc) is 3.24. The van der Waals surface area contributed by atoms with Gasteiger partial charge in [0.15, 0.2) is 17.7 Å². The van der Waals surface area contributed by atoms with Gasteiger partial charge in [0.2, 0.25) is 0 Å². The Morgan fingerprint density at radius 1 is 0.969 bits per heavy atom. The molecule has 2 saturated heterocycles. The van der Waals surface area contributed by atoms with Crippen molar-refractivity contribution in [3.63, 3.8) is 0 Å². The predicted molar refractivity (Wildman–Crippen MR) is 110 cm³/mol. The second-order valence-corrected chi connectivity index (χ2v) is 8.25. The average molecular weight is 459 g/mol. The maximum absolute atomic E-state index is 10.7. The molecule has 0 aromatic heterocycles. The molecule has 2 N–H and O–H groups in total. The zero-order valence-corrected chi connectivity index (χ0v) is 19.0. The number of ether oxygens (including phenoxy) is 8. The SMILES string of the molecule is COCO[C@@H]1[C@@H](OCOC)C(O)O[C@@]1(COCc1ccccc1)[C@H]1OC(C)(C)O[C@@H]1CO. The Hall–Kier alpha value is -1.18. The van der Waals surface area contributed by atoms with Gasteiger partial charge in [0.1, 0.15) is 38.0 Å². The lowest BCUT2D eigenvalue weighted by Gasteiger charge is -2.39. The van der Waals surface area contributed by atoms with E-state index in [1.807, 2.05) is 30.3 Å². The predicted octanol–water partition coefficient (Wildman–Crippen LogP) is 0.781. The fourth-order valence-corrected chi connectivity index (χ4v) is 4.19. The summed E-state index contributed by atoms with van der Waals surface area (Å²) in [4.78, 5) is 0. The molecule has 10 nitrogen and oxygen atoms in total. The van der Waals surface area contributed by atoms with Gasteiger partial charge in [0.05, 0.1) is 19.8 Å². The summed E-state index contributed by atoms with van der Waals surface area (Å²) >= 11 is 0. The van der Waals surface area contributed by atoms with Crippen LogP contribution in [-0.2, 0) is 44.5 Å². The van der Waals surface area contributed by atoms with E-state index in [1.165, 1.54) is 14.2 Å². The van der Waals surface area contributed by atoms with Crippen LogP contribution in [0.3, 0.4) is 0 Å². The number of benzene rings is 1. The Balaban J connectivity index is 1.91. The minimum atomic E-state index is -1.37. The highest BCUT2D eigenvalue weighted by atomic mass is 16.8. The first-order valence-corrected chi connectivity index (χ1v) is 10.5. The quantitative estimate of drug-likeness (QED) is 0.436. The Morgan fingerprint density at radius 3 is 2.31 bits per heavy atom. The fraction of sp³-hybridized carbons (Fsp3) is 0.727. The summed E-state index contributed by atoms with van der Waals surface area (Å²) in [6, 6.07) is 9.64. The van der Waals surface area contributed by atoms with Crippen LogP contribution in [0.1, 0.15) is 19.4 Å².